The van der Waals surface area contributed by atoms with Gasteiger partial charge in [0.1, 0.15) is 11.3 Å². The lowest BCUT2D eigenvalue weighted by Gasteiger charge is -2.17. The van der Waals surface area contributed by atoms with E-state index >= 15 is 0 Å². The molecular weight excluding hydrogens is 505 g/mol. The van der Waals surface area contributed by atoms with E-state index in [1.165, 1.54) is 25.0 Å². The Morgan fingerprint density at radius 1 is 0.872 bits per heavy atom. The number of nitrogens with zero attached hydrogens (tertiary/aromatic N) is 7. The fraction of sp³-hybridized carbons (Fsp3) is 0.286. The number of aromatic nitrogens is 6. The molecule has 1 saturated heterocycles. The number of halogens is 3. The fourth-order valence-corrected chi connectivity index (χ4v) is 4.82. The maximum atomic E-state index is 12.7. The molecule has 5 heterocycles. The quantitative estimate of drug-likeness (QED) is 0.305. The fourth-order valence-electron chi connectivity index (χ4n) is 4.82. The molecular formula is C28H27F3N8. The second-order valence-electron chi connectivity index (χ2n) is 9.76. The van der Waals surface area contributed by atoms with Gasteiger partial charge < -0.3 is 14.6 Å². The minimum atomic E-state index is -4.32. The summed E-state index contributed by atoms with van der Waals surface area (Å²) in [5.74, 6) is 0. The molecule has 0 unspecified atom stereocenters. The summed E-state index contributed by atoms with van der Waals surface area (Å²) in [6.07, 6.45) is 7.67. The van der Waals surface area contributed by atoms with Crippen LogP contribution >= 0.6 is 0 Å². The molecule has 1 fully saturated rings. The summed E-state index contributed by atoms with van der Waals surface area (Å²) in [7, 11) is 0. The summed E-state index contributed by atoms with van der Waals surface area (Å²) in [5, 5.41) is 11.9. The lowest BCUT2D eigenvalue weighted by atomic mass is 10.1. The second kappa shape index (κ2) is 10.5. The van der Waals surface area contributed by atoms with Gasteiger partial charge in [-0.15, -0.1) is 5.10 Å². The van der Waals surface area contributed by atoms with E-state index in [2.05, 4.69) is 31.6 Å². The number of nitrogens with one attached hydrogen (secondary N) is 1. The van der Waals surface area contributed by atoms with Crippen molar-refractivity contribution in [2.24, 2.45) is 0 Å². The van der Waals surface area contributed by atoms with Gasteiger partial charge in [-0.1, -0.05) is 23.4 Å². The van der Waals surface area contributed by atoms with E-state index in [1.54, 1.807) is 4.68 Å². The van der Waals surface area contributed by atoms with Gasteiger partial charge in [0.2, 0.25) is 0 Å². The van der Waals surface area contributed by atoms with Gasteiger partial charge in [-0.2, -0.15) is 13.2 Å². The summed E-state index contributed by atoms with van der Waals surface area (Å²) in [4.78, 5) is 11.4. The van der Waals surface area contributed by atoms with Crippen LogP contribution in [0.1, 0.15) is 35.2 Å². The molecule has 0 bridgehead atoms. The zero-order valence-electron chi connectivity index (χ0n) is 21.1. The predicted octanol–water partition coefficient (Wildman–Crippen LogP) is 4.94. The molecule has 0 radical (unpaired) electrons. The molecule has 11 heteroatoms. The van der Waals surface area contributed by atoms with Crippen LogP contribution in [0.4, 0.5) is 18.9 Å². The number of hydrogen-bond acceptors (Lipinski definition) is 6. The van der Waals surface area contributed by atoms with Crippen LogP contribution < -0.4 is 10.2 Å². The Labute approximate surface area is 223 Å². The number of fused-ring (bicyclic) bond motifs is 1. The third-order valence-corrected chi connectivity index (χ3v) is 6.86. The van der Waals surface area contributed by atoms with Crippen LogP contribution in [-0.2, 0) is 25.8 Å². The minimum absolute atomic E-state index is 0.469. The van der Waals surface area contributed by atoms with Gasteiger partial charge in [-0.25, -0.2) is 9.67 Å². The SMILES string of the molecule is FC(F)(F)c1ccc(CNCc2ccc3nc(Cn4cc(-c5cncc(N6CCCC6)c5)nn4)cn3c2)cc1. The van der Waals surface area contributed by atoms with Crippen molar-refractivity contribution in [3.8, 4) is 11.3 Å². The van der Waals surface area contributed by atoms with Crippen LogP contribution in [0, 0.1) is 0 Å². The number of benzene rings is 1. The number of pyridine rings is 2. The van der Waals surface area contributed by atoms with Crippen molar-refractivity contribution in [3.05, 3.63) is 95.8 Å². The van der Waals surface area contributed by atoms with Gasteiger partial charge in [0.25, 0.3) is 0 Å². The first-order valence-corrected chi connectivity index (χ1v) is 12.8. The summed E-state index contributed by atoms with van der Waals surface area (Å²) in [6.45, 7) is 3.64. The minimum Gasteiger partial charge on any atom is -0.370 e. The van der Waals surface area contributed by atoms with Gasteiger partial charge in [-0.3, -0.25) is 4.98 Å². The average Bonchev–Trinajstić information content (AvgIpc) is 3.70. The highest BCUT2D eigenvalue weighted by Crippen LogP contribution is 2.29. The number of rotatable bonds is 8. The third-order valence-electron chi connectivity index (χ3n) is 6.86. The molecule has 0 saturated carbocycles. The highest BCUT2D eigenvalue weighted by Gasteiger charge is 2.29. The van der Waals surface area contributed by atoms with Gasteiger partial charge in [-0.05, 0) is 48.2 Å². The van der Waals surface area contributed by atoms with Gasteiger partial charge >= 0.3 is 6.18 Å². The maximum absolute atomic E-state index is 12.7. The second-order valence-corrected chi connectivity index (χ2v) is 9.76. The van der Waals surface area contributed by atoms with E-state index in [0.717, 1.165) is 64.6 Å². The van der Waals surface area contributed by atoms with Crippen LogP contribution in [0.2, 0.25) is 0 Å². The van der Waals surface area contributed by atoms with Crippen LogP contribution in [-0.4, -0.2) is 42.5 Å². The number of imidazole rings is 1. The molecule has 0 spiro atoms. The van der Waals surface area contributed by atoms with Crippen molar-refractivity contribution >= 4 is 11.3 Å². The number of anilines is 1. The van der Waals surface area contributed by atoms with E-state index in [9.17, 15) is 13.2 Å². The Morgan fingerprint density at radius 2 is 1.64 bits per heavy atom. The zero-order valence-corrected chi connectivity index (χ0v) is 21.1. The average molecular weight is 533 g/mol. The van der Waals surface area contributed by atoms with Crippen molar-refractivity contribution in [3.63, 3.8) is 0 Å². The van der Waals surface area contributed by atoms with Gasteiger partial charge in [0, 0.05) is 50.3 Å². The lowest BCUT2D eigenvalue weighted by Crippen LogP contribution is -2.17. The first-order valence-electron chi connectivity index (χ1n) is 12.8. The van der Waals surface area contributed by atoms with Gasteiger partial charge in [0.15, 0.2) is 0 Å². The van der Waals surface area contributed by atoms with Crippen LogP contribution in [0.15, 0.2) is 73.4 Å². The molecule has 200 valence electrons. The Morgan fingerprint density at radius 3 is 2.44 bits per heavy atom. The Bertz CT molecular complexity index is 1570. The molecule has 0 amide bonds. The molecule has 8 nitrogen and oxygen atoms in total. The standard InChI is InChI=1S/C28H27F3N8/c29-28(30,31)23-6-3-20(4-7-23)12-32-13-21-5-8-27-34-24(17-38(27)16-21)18-39-19-26(35-36-39)22-11-25(15-33-14-22)37-9-1-2-10-37/h3-8,11,14-17,19,32H,1-2,9-10,12-13,18H2. The normalized spacial score (nSPS) is 14.0. The third kappa shape index (κ3) is 5.78. The molecule has 5 aromatic rings. The smallest absolute Gasteiger partial charge is 0.370 e. The Kier molecular flexibility index (Phi) is 6.74. The first-order chi connectivity index (χ1) is 18.9. The van der Waals surface area contributed by atoms with Crippen LogP contribution in [0.5, 0.6) is 0 Å². The zero-order chi connectivity index (χ0) is 26.8. The molecule has 4 aromatic heterocycles. The lowest BCUT2D eigenvalue weighted by molar-refractivity contribution is -0.137. The Hall–Kier alpha value is -4.25. The monoisotopic (exact) mass is 532 g/mol. The van der Waals surface area contributed by atoms with E-state index in [1.807, 2.05) is 47.5 Å². The van der Waals surface area contributed by atoms with Crippen molar-refractivity contribution < 1.29 is 13.2 Å². The Balaban J connectivity index is 1.08. The van der Waals surface area contributed by atoms with E-state index in [-0.39, 0.29) is 0 Å². The summed E-state index contributed by atoms with van der Waals surface area (Å²) in [6, 6.07) is 11.3. The highest BCUT2D eigenvalue weighted by molar-refractivity contribution is 5.63. The van der Waals surface area contributed by atoms with Crippen LogP contribution in [0.3, 0.4) is 0 Å². The van der Waals surface area contributed by atoms with E-state index in [0.29, 0.717) is 19.6 Å². The van der Waals surface area contributed by atoms with Crippen molar-refractivity contribution in [1.29, 1.82) is 0 Å². The van der Waals surface area contributed by atoms with E-state index in [4.69, 9.17) is 4.98 Å². The molecule has 39 heavy (non-hydrogen) atoms. The molecule has 1 aliphatic rings. The predicted molar refractivity (Wildman–Crippen MR) is 141 cm³/mol. The maximum Gasteiger partial charge on any atom is 0.416 e. The molecule has 6 rings (SSSR count). The van der Waals surface area contributed by atoms with Crippen LogP contribution in [0.25, 0.3) is 16.9 Å². The highest BCUT2D eigenvalue weighted by atomic mass is 19.4. The molecule has 0 atom stereocenters. The molecule has 1 aliphatic heterocycles. The number of alkyl halides is 3. The van der Waals surface area contributed by atoms with Crippen molar-refractivity contribution in [1.82, 2.24) is 34.7 Å². The largest absolute Gasteiger partial charge is 0.416 e. The van der Waals surface area contributed by atoms with Gasteiger partial charge in [0.05, 0.1) is 35.9 Å². The molecule has 1 aromatic carbocycles. The van der Waals surface area contributed by atoms with Crippen molar-refractivity contribution in [2.75, 3.05) is 18.0 Å². The number of hydrogen-bond donors (Lipinski definition) is 1. The summed E-state index contributed by atoms with van der Waals surface area (Å²) < 4.78 is 42.0. The first kappa shape index (κ1) is 25.1. The molecule has 1 N–H and O–H groups in total. The molecule has 0 aliphatic carbocycles. The van der Waals surface area contributed by atoms with E-state index < -0.39 is 11.7 Å². The summed E-state index contributed by atoms with van der Waals surface area (Å²) in [5.41, 5.74) is 5.68. The summed E-state index contributed by atoms with van der Waals surface area (Å²) >= 11 is 0. The topological polar surface area (TPSA) is 76.2 Å². The van der Waals surface area contributed by atoms with Crippen molar-refractivity contribution in [2.45, 2.75) is 38.7 Å².